The van der Waals surface area contributed by atoms with E-state index in [0.717, 1.165) is 16.7 Å². The molecule has 2 aromatic carbocycles. The van der Waals surface area contributed by atoms with Crippen molar-refractivity contribution < 1.29 is 14.7 Å². The molecule has 124 valence electrons. The molecule has 0 bridgehead atoms. The summed E-state index contributed by atoms with van der Waals surface area (Å²) in [7, 11) is 0. The number of hydrogen-bond donors (Lipinski definition) is 1. The first-order valence-electron chi connectivity index (χ1n) is 8.15. The Balaban J connectivity index is 1.74. The molecule has 24 heavy (non-hydrogen) atoms. The summed E-state index contributed by atoms with van der Waals surface area (Å²) >= 11 is 0. The fourth-order valence-corrected chi connectivity index (χ4v) is 3.29. The van der Waals surface area contributed by atoms with E-state index >= 15 is 0 Å². The summed E-state index contributed by atoms with van der Waals surface area (Å²) in [4.78, 5) is 25.9. The second kappa shape index (κ2) is 6.87. The number of carboxylic acids is 1. The van der Waals surface area contributed by atoms with Crippen LogP contribution in [0.3, 0.4) is 0 Å². The number of carboxylic acid groups (broad SMARTS) is 1. The molecule has 0 spiro atoms. The van der Waals surface area contributed by atoms with Gasteiger partial charge in [0.2, 0.25) is 5.91 Å². The minimum absolute atomic E-state index is 0.0106. The number of likely N-dealkylation sites (tertiary alicyclic amines) is 1. The zero-order valence-corrected chi connectivity index (χ0v) is 13.7. The van der Waals surface area contributed by atoms with Gasteiger partial charge in [-0.15, -0.1) is 0 Å². The molecule has 4 nitrogen and oxygen atoms in total. The molecule has 0 aromatic heterocycles. The molecule has 0 radical (unpaired) electrons. The van der Waals surface area contributed by atoms with Crippen LogP contribution in [0.25, 0.3) is 0 Å². The van der Waals surface area contributed by atoms with E-state index in [4.69, 9.17) is 0 Å². The fraction of sp³-hybridized carbons (Fsp3) is 0.300. The molecule has 1 aliphatic rings. The quantitative estimate of drug-likeness (QED) is 0.941. The van der Waals surface area contributed by atoms with Crippen LogP contribution >= 0.6 is 0 Å². The third-order valence-corrected chi connectivity index (χ3v) is 4.69. The topological polar surface area (TPSA) is 57.6 Å². The Bertz CT molecular complexity index is 724. The Hall–Kier alpha value is -2.62. The van der Waals surface area contributed by atoms with Gasteiger partial charge in [0.25, 0.3) is 0 Å². The average molecular weight is 323 g/mol. The Morgan fingerprint density at radius 3 is 2.33 bits per heavy atom. The van der Waals surface area contributed by atoms with Gasteiger partial charge in [0.15, 0.2) is 0 Å². The van der Waals surface area contributed by atoms with Gasteiger partial charge in [-0.1, -0.05) is 60.2 Å². The summed E-state index contributed by atoms with van der Waals surface area (Å²) in [5.74, 6) is -1.54. The van der Waals surface area contributed by atoms with Crippen molar-refractivity contribution in [1.82, 2.24) is 4.90 Å². The van der Waals surface area contributed by atoms with Gasteiger partial charge in [0.1, 0.15) is 0 Å². The van der Waals surface area contributed by atoms with Gasteiger partial charge in [0, 0.05) is 19.0 Å². The minimum Gasteiger partial charge on any atom is -0.481 e. The standard InChI is InChI=1S/C20H21NO3/c1-14-7-9-15(10-8-14)11-19(22)21-12-17(18(13-21)20(23)24)16-5-3-2-4-6-16/h2-10,17-18H,11-13H2,1H3,(H,23,24)/t17-,18-/m0/s1. The highest BCUT2D eigenvalue weighted by atomic mass is 16.4. The molecule has 3 rings (SSSR count). The van der Waals surface area contributed by atoms with Crippen LogP contribution in [-0.4, -0.2) is 35.0 Å². The zero-order chi connectivity index (χ0) is 17.1. The van der Waals surface area contributed by atoms with Crippen molar-refractivity contribution in [3.63, 3.8) is 0 Å². The van der Waals surface area contributed by atoms with Crippen LogP contribution in [0, 0.1) is 12.8 Å². The van der Waals surface area contributed by atoms with Crippen LogP contribution in [0.1, 0.15) is 22.6 Å². The molecular weight excluding hydrogens is 302 g/mol. The van der Waals surface area contributed by atoms with Crippen molar-refractivity contribution in [3.8, 4) is 0 Å². The van der Waals surface area contributed by atoms with Crippen molar-refractivity contribution in [1.29, 1.82) is 0 Å². The molecule has 1 aliphatic heterocycles. The zero-order valence-electron chi connectivity index (χ0n) is 13.7. The predicted octanol–water partition coefficient (Wildman–Crippen LogP) is 2.86. The van der Waals surface area contributed by atoms with Crippen LogP contribution in [0.15, 0.2) is 54.6 Å². The van der Waals surface area contributed by atoms with Crippen LogP contribution in [0.2, 0.25) is 0 Å². The number of aliphatic carboxylic acids is 1. The molecule has 1 fully saturated rings. The smallest absolute Gasteiger partial charge is 0.308 e. The highest BCUT2D eigenvalue weighted by molar-refractivity contribution is 5.81. The van der Waals surface area contributed by atoms with Gasteiger partial charge in [-0.3, -0.25) is 9.59 Å². The molecule has 1 N–H and O–H groups in total. The second-order valence-electron chi connectivity index (χ2n) is 6.42. The van der Waals surface area contributed by atoms with Gasteiger partial charge in [-0.25, -0.2) is 0 Å². The minimum atomic E-state index is -0.838. The van der Waals surface area contributed by atoms with Crippen molar-refractivity contribution in [2.24, 2.45) is 5.92 Å². The maximum atomic E-state index is 12.6. The van der Waals surface area contributed by atoms with E-state index in [1.54, 1.807) is 4.90 Å². The number of rotatable bonds is 4. The van der Waals surface area contributed by atoms with Crippen LogP contribution in [0.4, 0.5) is 0 Å². The van der Waals surface area contributed by atoms with Gasteiger partial charge in [-0.2, -0.15) is 0 Å². The van der Waals surface area contributed by atoms with Gasteiger partial charge >= 0.3 is 5.97 Å². The predicted molar refractivity (Wildman–Crippen MR) is 91.8 cm³/mol. The lowest BCUT2D eigenvalue weighted by atomic mass is 9.89. The van der Waals surface area contributed by atoms with E-state index in [2.05, 4.69) is 0 Å². The van der Waals surface area contributed by atoms with E-state index in [9.17, 15) is 14.7 Å². The molecule has 0 saturated carbocycles. The van der Waals surface area contributed by atoms with Crippen molar-refractivity contribution in [2.75, 3.05) is 13.1 Å². The lowest BCUT2D eigenvalue weighted by Gasteiger charge is -2.16. The maximum absolute atomic E-state index is 12.6. The first-order valence-corrected chi connectivity index (χ1v) is 8.15. The molecule has 4 heteroatoms. The molecule has 1 amide bonds. The third-order valence-electron chi connectivity index (χ3n) is 4.69. The molecule has 1 heterocycles. The summed E-state index contributed by atoms with van der Waals surface area (Å²) in [6.07, 6.45) is 0.314. The Labute approximate surface area is 141 Å². The summed E-state index contributed by atoms with van der Waals surface area (Å²) in [6, 6.07) is 17.5. The number of hydrogen-bond acceptors (Lipinski definition) is 2. The highest BCUT2D eigenvalue weighted by Gasteiger charge is 2.40. The maximum Gasteiger partial charge on any atom is 0.308 e. The Kier molecular flexibility index (Phi) is 4.65. The lowest BCUT2D eigenvalue weighted by molar-refractivity contribution is -0.141. The summed E-state index contributed by atoms with van der Waals surface area (Å²) in [5.41, 5.74) is 3.10. The summed E-state index contributed by atoms with van der Waals surface area (Å²) in [5, 5.41) is 9.53. The number of amides is 1. The van der Waals surface area contributed by atoms with Gasteiger partial charge in [-0.05, 0) is 18.1 Å². The number of nitrogens with zero attached hydrogens (tertiary/aromatic N) is 1. The first-order chi connectivity index (χ1) is 11.5. The molecule has 2 aromatic rings. The molecule has 0 aliphatic carbocycles. The SMILES string of the molecule is Cc1ccc(CC(=O)N2C[C@H](C(=O)O)[C@H](c3ccccc3)C2)cc1. The number of aryl methyl sites for hydroxylation is 1. The van der Waals surface area contributed by atoms with E-state index in [-0.39, 0.29) is 18.4 Å². The Morgan fingerprint density at radius 1 is 1.04 bits per heavy atom. The largest absolute Gasteiger partial charge is 0.481 e. The normalized spacial score (nSPS) is 20.1. The highest BCUT2D eigenvalue weighted by Crippen LogP contribution is 2.33. The number of carbonyl (C=O) groups is 2. The third kappa shape index (κ3) is 3.48. The van der Waals surface area contributed by atoms with E-state index in [1.165, 1.54) is 0 Å². The van der Waals surface area contributed by atoms with E-state index in [0.29, 0.717) is 13.0 Å². The second-order valence-corrected chi connectivity index (χ2v) is 6.42. The number of benzene rings is 2. The van der Waals surface area contributed by atoms with Gasteiger partial charge < -0.3 is 10.0 Å². The lowest BCUT2D eigenvalue weighted by Crippen LogP contribution is -2.31. The van der Waals surface area contributed by atoms with Gasteiger partial charge in [0.05, 0.1) is 12.3 Å². The average Bonchev–Trinajstić information content (AvgIpc) is 3.03. The monoisotopic (exact) mass is 323 g/mol. The molecule has 0 unspecified atom stereocenters. The van der Waals surface area contributed by atoms with Crippen LogP contribution in [0.5, 0.6) is 0 Å². The van der Waals surface area contributed by atoms with E-state index in [1.807, 2.05) is 61.5 Å². The molecule has 2 atom stereocenters. The van der Waals surface area contributed by atoms with Crippen molar-refractivity contribution in [2.45, 2.75) is 19.3 Å². The Morgan fingerprint density at radius 2 is 1.71 bits per heavy atom. The van der Waals surface area contributed by atoms with E-state index < -0.39 is 11.9 Å². The molecule has 1 saturated heterocycles. The van der Waals surface area contributed by atoms with Crippen molar-refractivity contribution >= 4 is 11.9 Å². The van der Waals surface area contributed by atoms with Crippen molar-refractivity contribution in [3.05, 3.63) is 71.3 Å². The fourth-order valence-electron chi connectivity index (χ4n) is 3.29. The number of carbonyl (C=O) groups excluding carboxylic acids is 1. The van der Waals surface area contributed by atoms with Crippen LogP contribution < -0.4 is 0 Å². The summed E-state index contributed by atoms with van der Waals surface area (Å²) < 4.78 is 0. The molecular formula is C20H21NO3. The van der Waals surface area contributed by atoms with Crippen LogP contribution in [-0.2, 0) is 16.0 Å². The summed E-state index contributed by atoms with van der Waals surface area (Å²) in [6.45, 7) is 2.75. The first kappa shape index (κ1) is 16.2.